The van der Waals surface area contributed by atoms with Gasteiger partial charge in [0.05, 0.1) is 34.2 Å². The molecule has 0 radical (unpaired) electrons. The molecule has 1 aromatic carbocycles. The third-order valence-electron chi connectivity index (χ3n) is 3.87. The average molecular weight is 428 g/mol. The largest absolute Gasteiger partial charge is 0.493 e. The fourth-order valence-electron chi connectivity index (χ4n) is 2.40. The third kappa shape index (κ3) is 4.88. The van der Waals surface area contributed by atoms with Gasteiger partial charge in [-0.3, -0.25) is 0 Å². The number of esters is 1. The monoisotopic (exact) mass is 428 g/mol. The van der Waals surface area contributed by atoms with Crippen LogP contribution in [0.1, 0.15) is 28.5 Å². The number of carbonyl (C=O) groups is 1. The van der Waals surface area contributed by atoms with Crippen molar-refractivity contribution in [3.8, 4) is 17.2 Å². The summed E-state index contributed by atoms with van der Waals surface area (Å²) in [5, 5.41) is 4.00. The highest BCUT2D eigenvalue weighted by Gasteiger charge is 2.38. The van der Waals surface area contributed by atoms with Crippen LogP contribution in [0.5, 0.6) is 17.2 Å². The molecule has 0 aliphatic carbocycles. The lowest BCUT2D eigenvalue weighted by Crippen LogP contribution is -2.18. The van der Waals surface area contributed by atoms with Gasteiger partial charge in [0, 0.05) is 11.8 Å². The van der Waals surface area contributed by atoms with Gasteiger partial charge >= 0.3 is 12.1 Å². The number of carbonyl (C=O) groups excluding carboxylic acids is 1. The van der Waals surface area contributed by atoms with Gasteiger partial charge < -0.3 is 18.9 Å². The summed E-state index contributed by atoms with van der Waals surface area (Å²) in [5.74, 6) is -0.535. The van der Waals surface area contributed by atoms with Crippen LogP contribution >= 0.6 is 0 Å². The Hall–Kier alpha value is -3.57. The first kappa shape index (κ1) is 22.7. The minimum atomic E-state index is -4.89. The molecule has 0 saturated carbocycles. The van der Waals surface area contributed by atoms with Crippen molar-refractivity contribution in [2.45, 2.75) is 13.1 Å². The van der Waals surface area contributed by atoms with Gasteiger partial charge in [-0.15, -0.1) is 0 Å². The zero-order valence-electron chi connectivity index (χ0n) is 16.7. The molecule has 2 aromatic rings. The van der Waals surface area contributed by atoms with Gasteiger partial charge in [-0.1, -0.05) is 0 Å². The normalized spacial score (nSPS) is 11.7. The Morgan fingerprint density at radius 2 is 1.67 bits per heavy atom. The lowest BCUT2D eigenvalue weighted by Gasteiger charge is -2.14. The van der Waals surface area contributed by atoms with Crippen molar-refractivity contribution in [3.63, 3.8) is 0 Å². The number of rotatable bonds is 7. The first-order valence-corrected chi connectivity index (χ1v) is 8.29. The van der Waals surface area contributed by atoms with E-state index in [1.165, 1.54) is 21.3 Å². The zero-order chi connectivity index (χ0) is 22.5. The van der Waals surface area contributed by atoms with Crippen LogP contribution in [-0.2, 0) is 10.9 Å². The molecule has 0 atom stereocenters. The van der Waals surface area contributed by atoms with E-state index in [9.17, 15) is 18.0 Å². The smallest absolute Gasteiger partial charge is 0.434 e. The highest BCUT2D eigenvalue weighted by molar-refractivity contribution is 6.00. The topological polar surface area (TPSA) is 104 Å². The quantitative estimate of drug-likeness (QED) is 0.408. The average Bonchev–Trinajstić information content (AvgIpc) is 2.74. The van der Waals surface area contributed by atoms with Gasteiger partial charge in [-0.25, -0.2) is 20.2 Å². The second-order valence-corrected chi connectivity index (χ2v) is 5.67. The maximum Gasteiger partial charge on any atom is 0.434 e. The van der Waals surface area contributed by atoms with E-state index < -0.39 is 29.4 Å². The highest BCUT2D eigenvalue weighted by Crippen LogP contribution is 2.38. The van der Waals surface area contributed by atoms with E-state index in [4.69, 9.17) is 14.2 Å². The summed E-state index contributed by atoms with van der Waals surface area (Å²) in [7, 11) is 5.30. The van der Waals surface area contributed by atoms with E-state index in [-0.39, 0.29) is 0 Å². The van der Waals surface area contributed by atoms with E-state index in [0.717, 1.165) is 7.11 Å². The van der Waals surface area contributed by atoms with E-state index in [1.807, 2.05) is 0 Å². The Kier molecular flexibility index (Phi) is 7.03. The molecule has 0 fully saturated rings. The van der Waals surface area contributed by atoms with Crippen LogP contribution in [0.4, 0.5) is 19.1 Å². The summed E-state index contributed by atoms with van der Waals surface area (Å²) in [6.07, 6.45) is -4.17. The molecule has 9 nitrogen and oxygen atoms in total. The molecule has 1 N–H and O–H groups in total. The number of alkyl halides is 3. The fourth-order valence-corrected chi connectivity index (χ4v) is 2.40. The lowest BCUT2D eigenvalue weighted by molar-refractivity contribution is -0.141. The Labute approximate surface area is 169 Å². The number of benzene rings is 1. The van der Waals surface area contributed by atoms with E-state index in [0.29, 0.717) is 34.7 Å². The Morgan fingerprint density at radius 3 is 2.13 bits per heavy atom. The second kappa shape index (κ2) is 9.29. The number of methoxy groups -OCH3 is 4. The number of hydrogen-bond acceptors (Lipinski definition) is 9. The molecule has 0 aliphatic heterocycles. The number of ether oxygens (including phenoxy) is 4. The van der Waals surface area contributed by atoms with Gasteiger partial charge in [-0.05, 0) is 19.1 Å². The van der Waals surface area contributed by atoms with Crippen LogP contribution in [-0.4, -0.2) is 50.1 Å². The molecule has 1 heterocycles. The maximum atomic E-state index is 13.2. The summed E-state index contributed by atoms with van der Waals surface area (Å²) in [6, 6.07) is 3.23. The first-order valence-electron chi connectivity index (χ1n) is 8.29. The minimum Gasteiger partial charge on any atom is -0.493 e. The van der Waals surface area contributed by atoms with Crippen molar-refractivity contribution in [1.82, 2.24) is 9.97 Å². The van der Waals surface area contributed by atoms with Gasteiger partial charge in [0.25, 0.3) is 0 Å². The number of halogens is 3. The number of aromatic nitrogens is 2. The summed E-state index contributed by atoms with van der Waals surface area (Å²) < 4.78 is 59.8. The summed E-state index contributed by atoms with van der Waals surface area (Å²) in [5.41, 5.74) is 1.01. The molecular formula is C18H19F3N4O5. The van der Waals surface area contributed by atoms with E-state index in [1.54, 1.807) is 19.1 Å². The number of anilines is 1. The zero-order valence-corrected chi connectivity index (χ0v) is 16.7. The van der Waals surface area contributed by atoms with Crippen LogP contribution in [0.2, 0.25) is 0 Å². The van der Waals surface area contributed by atoms with Crippen LogP contribution in [0.3, 0.4) is 0 Å². The molecule has 30 heavy (non-hydrogen) atoms. The van der Waals surface area contributed by atoms with Crippen molar-refractivity contribution in [2.75, 3.05) is 33.9 Å². The summed E-state index contributed by atoms with van der Waals surface area (Å²) >= 11 is 0. The van der Waals surface area contributed by atoms with Crippen LogP contribution in [0, 0.1) is 0 Å². The van der Waals surface area contributed by atoms with Crippen molar-refractivity contribution in [3.05, 3.63) is 35.2 Å². The number of nitrogens with one attached hydrogen (secondary N) is 1. The van der Waals surface area contributed by atoms with Gasteiger partial charge in [0.1, 0.15) is 5.56 Å². The Morgan fingerprint density at radius 1 is 1.07 bits per heavy atom. The van der Waals surface area contributed by atoms with Crippen LogP contribution in [0.25, 0.3) is 0 Å². The molecule has 0 aliphatic rings. The molecule has 0 spiro atoms. The minimum absolute atomic E-state index is 0.364. The molecule has 0 saturated heterocycles. The van der Waals surface area contributed by atoms with Gasteiger partial charge in [-0.2, -0.15) is 18.3 Å². The predicted octanol–water partition coefficient (Wildman–Crippen LogP) is 3.14. The Bertz CT molecular complexity index is 938. The lowest BCUT2D eigenvalue weighted by atomic mass is 10.1. The first-order chi connectivity index (χ1) is 14.2. The fraction of sp³-hybridized carbons (Fsp3) is 0.333. The molecule has 12 heteroatoms. The molecule has 0 bridgehead atoms. The summed E-state index contributed by atoms with van der Waals surface area (Å²) in [6.45, 7) is 1.60. The summed E-state index contributed by atoms with van der Waals surface area (Å²) in [4.78, 5) is 18.6. The van der Waals surface area contributed by atoms with Crippen molar-refractivity contribution in [1.29, 1.82) is 0 Å². The van der Waals surface area contributed by atoms with E-state index in [2.05, 4.69) is 25.2 Å². The maximum absolute atomic E-state index is 13.2. The SMILES string of the molecule is COC(=O)c1cnc(N/N=C(/C)c2cc(OC)c(OC)c(OC)c2)nc1C(F)(F)F. The van der Waals surface area contributed by atoms with Gasteiger partial charge in [0.15, 0.2) is 17.2 Å². The van der Waals surface area contributed by atoms with Gasteiger partial charge in [0.2, 0.25) is 11.7 Å². The third-order valence-corrected chi connectivity index (χ3v) is 3.87. The predicted molar refractivity (Wildman–Crippen MR) is 100 cm³/mol. The number of nitrogens with zero attached hydrogens (tertiary/aromatic N) is 3. The van der Waals surface area contributed by atoms with Crippen molar-refractivity contribution in [2.24, 2.45) is 5.10 Å². The molecule has 0 amide bonds. The molecule has 0 unspecified atom stereocenters. The standard InChI is InChI=1S/C18H19F3N4O5/c1-9(10-6-12(27-2)14(29-4)13(7-10)28-3)24-25-17-22-8-11(16(26)30-5)15(23-17)18(19,20)21/h6-8H,1-5H3,(H,22,23,25)/b24-9-. The molecule has 1 aromatic heterocycles. The molecule has 2 rings (SSSR count). The number of hydrazone groups is 1. The van der Waals surface area contributed by atoms with Crippen LogP contribution < -0.4 is 19.6 Å². The second-order valence-electron chi connectivity index (χ2n) is 5.67. The van der Waals surface area contributed by atoms with Crippen molar-refractivity contribution < 1.29 is 36.9 Å². The molecular weight excluding hydrogens is 409 g/mol. The van der Waals surface area contributed by atoms with Crippen molar-refractivity contribution >= 4 is 17.6 Å². The molecule has 162 valence electrons. The van der Waals surface area contributed by atoms with Crippen LogP contribution in [0.15, 0.2) is 23.4 Å². The highest BCUT2D eigenvalue weighted by atomic mass is 19.4. The van der Waals surface area contributed by atoms with E-state index >= 15 is 0 Å². The Balaban J connectivity index is 2.39. The number of hydrogen-bond donors (Lipinski definition) is 1.